The molecule has 2 heterocycles. The molecule has 7 heteroatoms. The molecule has 0 bridgehead atoms. The highest BCUT2D eigenvalue weighted by Crippen LogP contribution is 2.28. The SMILES string of the molecule is C[C@@]1(c2ccccc2)NC(=O)N(/N=C\c2cnn(Cc3ccccc3)c2)C1=O. The van der Waals surface area contributed by atoms with Gasteiger partial charge in [0.25, 0.3) is 5.91 Å². The number of hydrazone groups is 1. The molecule has 0 radical (unpaired) electrons. The van der Waals surface area contributed by atoms with Crippen LogP contribution in [-0.2, 0) is 16.9 Å². The highest BCUT2D eigenvalue weighted by Gasteiger charge is 2.49. The lowest BCUT2D eigenvalue weighted by molar-refractivity contribution is -0.131. The summed E-state index contributed by atoms with van der Waals surface area (Å²) in [6.07, 6.45) is 4.91. The number of carbonyl (C=O) groups excluding carboxylic acids is 2. The average molecular weight is 373 g/mol. The molecule has 0 aliphatic carbocycles. The molecule has 3 aromatic rings. The first-order chi connectivity index (χ1) is 13.6. The summed E-state index contributed by atoms with van der Waals surface area (Å²) >= 11 is 0. The Labute approximate surface area is 162 Å². The van der Waals surface area contributed by atoms with E-state index in [4.69, 9.17) is 0 Å². The second kappa shape index (κ2) is 7.11. The topological polar surface area (TPSA) is 79.6 Å². The number of imide groups is 1. The van der Waals surface area contributed by atoms with Gasteiger partial charge in [0.05, 0.1) is 19.0 Å². The Balaban J connectivity index is 1.49. The van der Waals surface area contributed by atoms with E-state index in [-0.39, 0.29) is 0 Å². The molecule has 1 saturated heterocycles. The van der Waals surface area contributed by atoms with Gasteiger partial charge in [-0.15, -0.1) is 5.01 Å². The minimum atomic E-state index is -1.13. The van der Waals surface area contributed by atoms with Gasteiger partial charge in [-0.1, -0.05) is 60.7 Å². The molecule has 1 fully saturated rings. The number of rotatable bonds is 5. The summed E-state index contributed by atoms with van der Waals surface area (Å²) in [5.41, 5.74) is 1.40. The molecule has 4 rings (SSSR count). The number of nitrogens with zero attached hydrogens (tertiary/aromatic N) is 4. The van der Waals surface area contributed by atoms with E-state index in [1.54, 1.807) is 29.9 Å². The molecule has 1 atom stereocenters. The third kappa shape index (κ3) is 3.29. The Morgan fingerprint density at radius 2 is 1.75 bits per heavy atom. The smallest absolute Gasteiger partial charge is 0.318 e. The van der Waals surface area contributed by atoms with Crippen LogP contribution in [0.2, 0.25) is 0 Å². The highest BCUT2D eigenvalue weighted by atomic mass is 16.2. The van der Waals surface area contributed by atoms with Crippen molar-refractivity contribution in [1.82, 2.24) is 20.1 Å². The molecule has 0 saturated carbocycles. The third-order valence-electron chi connectivity index (χ3n) is 4.68. The monoisotopic (exact) mass is 373 g/mol. The van der Waals surface area contributed by atoms with Crippen LogP contribution in [0.15, 0.2) is 78.2 Å². The van der Waals surface area contributed by atoms with Gasteiger partial charge in [-0.05, 0) is 18.1 Å². The lowest BCUT2D eigenvalue weighted by atomic mass is 9.92. The molecule has 7 nitrogen and oxygen atoms in total. The standard InChI is InChI=1S/C21H19N5O2/c1-21(18-10-6-3-7-11-18)19(27)26(20(28)24-21)23-13-17-12-22-25(15-17)14-16-8-4-2-5-9-16/h2-13,15H,14H2,1H3,(H,24,28)/b23-13-/t21-/m0/s1. The summed E-state index contributed by atoms with van der Waals surface area (Å²) in [4.78, 5) is 25.1. The predicted molar refractivity (Wildman–Crippen MR) is 105 cm³/mol. The number of carbonyl (C=O) groups is 2. The van der Waals surface area contributed by atoms with Crippen LogP contribution in [-0.4, -0.2) is 32.9 Å². The quantitative estimate of drug-likeness (QED) is 0.552. The number of aromatic nitrogens is 2. The lowest BCUT2D eigenvalue weighted by Crippen LogP contribution is -2.40. The fourth-order valence-corrected chi connectivity index (χ4v) is 3.12. The van der Waals surface area contributed by atoms with Gasteiger partial charge in [0, 0.05) is 11.8 Å². The van der Waals surface area contributed by atoms with E-state index in [0.717, 1.165) is 10.6 Å². The van der Waals surface area contributed by atoms with Gasteiger partial charge in [0.2, 0.25) is 0 Å². The van der Waals surface area contributed by atoms with E-state index >= 15 is 0 Å². The first-order valence-electron chi connectivity index (χ1n) is 8.89. The van der Waals surface area contributed by atoms with Gasteiger partial charge < -0.3 is 5.32 Å². The van der Waals surface area contributed by atoms with Gasteiger partial charge >= 0.3 is 6.03 Å². The molecule has 28 heavy (non-hydrogen) atoms. The zero-order valence-corrected chi connectivity index (χ0v) is 15.3. The number of amides is 3. The highest BCUT2D eigenvalue weighted by molar-refractivity contribution is 6.07. The van der Waals surface area contributed by atoms with Gasteiger partial charge in [0.15, 0.2) is 0 Å². The maximum atomic E-state index is 12.8. The molecule has 3 amide bonds. The second-order valence-electron chi connectivity index (χ2n) is 6.74. The number of hydrogen-bond acceptors (Lipinski definition) is 4. The lowest BCUT2D eigenvalue weighted by Gasteiger charge is -2.20. The van der Waals surface area contributed by atoms with Crippen molar-refractivity contribution in [2.45, 2.75) is 19.0 Å². The summed E-state index contributed by atoms with van der Waals surface area (Å²) in [5, 5.41) is 12.0. The van der Waals surface area contributed by atoms with Crippen LogP contribution in [0, 0.1) is 0 Å². The molecule has 1 aliphatic rings. The van der Waals surface area contributed by atoms with Crippen LogP contribution >= 0.6 is 0 Å². The fraction of sp³-hybridized carbons (Fsp3) is 0.143. The Kier molecular flexibility index (Phi) is 4.49. The van der Waals surface area contributed by atoms with Crippen molar-refractivity contribution in [2.75, 3.05) is 0 Å². The number of nitrogens with one attached hydrogen (secondary N) is 1. The summed E-state index contributed by atoms with van der Waals surface area (Å²) in [6, 6.07) is 18.5. The fourth-order valence-electron chi connectivity index (χ4n) is 3.12. The van der Waals surface area contributed by atoms with Crippen molar-refractivity contribution < 1.29 is 9.59 Å². The Morgan fingerprint density at radius 1 is 1.07 bits per heavy atom. The molecule has 1 N–H and O–H groups in total. The molecule has 0 spiro atoms. The van der Waals surface area contributed by atoms with Crippen molar-refractivity contribution in [3.8, 4) is 0 Å². The molecular formula is C21H19N5O2. The largest absolute Gasteiger partial charge is 0.346 e. The zero-order chi connectivity index (χ0) is 19.6. The Bertz CT molecular complexity index is 1030. The molecule has 1 aliphatic heterocycles. The van der Waals surface area contributed by atoms with Gasteiger partial charge in [-0.3, -0.25) is 9.48 Å². The first-order valence-corrected chi connectivity index (χ1v) is 8.89. The first kappa shape index (κ1) is 17.7. The normalized spacial score (nSPS) is 19.4. The van der Waals surface area contributed by atoms with Crippen LogP contribution in [0.1, 0.15) is 23.6 Å². The van der Waals surface area contributed by atoms with E-state index < -0.39 is 17.5 Å². The van der Waals surface area contributed by atoms with Gasteiger partial charge in [-0.25, -0.2) is 4.79 Å². The minimum Gasteiger partial charge on any atom is -0.318 e. The minimum absolute atomic E-state index is 0.420. The van der Waals surface area contributed by atoms with E-state index in [0.29, 0.717) is 17.7 Å². The number of benzene rings is 2. The van der Waals surface area contributed by atoms with Gasteiger partial charge in [-0.2, -0.15) is 10.2 Å². The van der Waals surface area contributed by atoms with Crippen LogP contribution in [0.25, 0.3) is 0 Å². The summed E-state index contributed by atoms with van der Waals surface area (Å²) < 4.78 is 1.77. The van der Waals surface area contributed by atoms with Crippen LogP contribution in [0.5, 0.6) is 0 Å². The molecule has 140 valence electrons. The van der Waals surface area contributed by atoms with E-state index in [2.05, 4.69) is 15.5 Å². The van der Waals surface area contributed by atoms with Crippen molar-refractivity contribution in [1.29, 1.82) is 0 Å². The van der Waals surface area contributed by atoms with E-state index in [1.807, 2.05) is 54.7 Å². The average Bonchev–Trinajstić information content (AvgIpc) is 3.24. The Hall–Kier alpha value is -3.74. The maximum Gasteiger partial charge on any atom is 0.346 e. The summed E-state index contributed by atoms with van der Waals surface area (Å²) in [7, 11) is 0. The van der Waals surface area contributed by atoms with Crippen LogP contribution in [0.4, 0.5) is 4.79 Å². The zero-order valence-electron chi connectivity index (χ0n) is 15.3. The maximum absolute atomic E-state index is 12.8. The number of urea groups is 1. The third-order valence-corrected chi connectivity index (χ3v) is 4.68. The predicted octanol–water partition coefficient (Wildman–Crippen LogP) is 2.73. The van der Waals surface area contributed by atoms with Crippen molar-refractivity contribution >= 4 is 18.2 Å². The van der Waals surface area contributed by atoms with Crippen LogP contribution < -0.4 is 5.32 Å². The Morgan fingerprint density at radius 3 is 2.46 bits per heavy atom. The second-order valence-corrected chi connectivity index (χ2v) is 6.74. The summed E-state index contributed by atoms with van der Waals surface area (Å²) in [6.45, 7) is 2.31. The molecule has 2 aromatic carbocycles. The van der Waals surface area contributed by atoms with E-state index in [1.165, 1.54) is 6.21 Å². The number of hydrogen-bond donors (Lipinski definition) is 1. The molecule has 0 unspecified atom stereocenters. The van der Waals surface area contributed by atoms with Crippen molar-refractivity contribution in [3.63, 3.8) is 0 Å². The van der Waals surface area contributed by atoms with Crippen LogP contribution in [0.3, 0.4) is 0 Å². The molecule has 1 aromatic heterocycles. The summed E-state index contributed by atoms with van der Waals surface area (Å²) in [5.74, 6) is -0.420. The van der Waals surface area contributed by atoms with Crippen molar-refractivity contribution in [3.05, 3.63) is 89.7 Å². The molecular weight excluding hydrogens is 354 g/mol. The van der Waals surface area contributed by atoms with E-state index in [9.17, 15) is 9.59 Å². The van der Waals surface area contributed by atoms with Gasteiger partial charge in [0.1, 0.15) is 5.54 Å². The van der Waals surface area contributed by atoms with Crippen molar-refractivity contribution in [2.24, 2.45) is 5.10 Å².